The molecule has 0 saturated carbocycles. The number of aromatic nitrogens is 3. The van der Waals surface area contributed by atoms with Crippen molar-refractivity contribution in [3.8, 4) is 6.07 Å². The number of nitrogens with zero attached hydrogens (tertiary/aromatic N) is 4. The molecule has 0 aliphatic heterocycles. The van der Waals surface area contributed by atoms with E-state index in [1.54, 1.807) is 6.20 Å². The molecule has 0 aliphatic carbocycles. The van der Waals surface area contributed by atoms with E-state index in [4.69, 9.17) is 0 Å². The predicted molar refractivity (Wildman–Crippen MR) is 77.5 cm³/mol. The lowest BCUT2D eigenvalue weighted by atomic mass is 10.0. The highest BCUT2D eigenvalue weighted by atomic mass is 16.3. The van der Waals surface area contributed by atoms with E-state index >= 15 is 0 Å². The van der Waals surface area contributed by atoms with Crippen molar-refractivity contribution in [3.63, 3.8) is 0 Å². The number of rotatable bonds is 4. The van der Waals surface area contributed by atoms with Gasteiger partial charge in [-0.3, -0.25) is 0 Å². The second-order valence-electron chi connectivity index (χ2n) is 5.55. The van der Waals surface area contributed by atoms with Gasteiger partial charge in [0, 0.05) is 18.7 Å². The second-order valence-corrected chi connectivity index (χ2v) is 5.55. The van der Waals surface area contributed by atoms with Gasteiger partial charge in [0.2, 0.25) is 0 Å². The summed E-state index contributed by atoms with van der Waals surface area (Å²) < 4.78 is 1.84. The number of aliphatic hydroxyl groups is 1. The molecule has 0 spiro atoms. The summed E-state index contributed by atoms with van der Waals surface area (Å²) in [5.74, 6) is 1.22. The molecular weight excluding hydrogens is 252 g/mol. The number of fused-ring (bicyclic) bond motifs is 1. The molecule has 0 radical (unpaired) electrons. The maximum Gasteiger partial charge on any atom is 0.145 e. The zero-order valence-electron chi connectivity index (χ0n) is 12.4. The molecule has 2 rings (SSSR count). The number of hydrogen-bond acceptors (Lipinski definition) is 4. The van der Waals surface area contributed by atoms with Gasteiger partial charge in [-0.15, -0.1) is 0 Å². The minimum absolute atomic E-state index is 0.0205. The lowest BCUT2D eigenvalue weighted by Gasteiger charge is -2.12. The Balaban J connectivity index is 2.83. The van der Waals surface area contributed by atoms with Crippen molar-refractivity contribution in [2.45, 2.75) is 46.1 Å². The molecule has 0 aliphatic rings. The third-order valence-corrected chi connectivity index (χ3v) is 3.29. The van der Waals surface area contributed by atoms with Crippen LogP contribution in [0.5, 0.6) is 0 Å². The van der Waals surface area contributed by atoms with E-state index in [0.29, 0.717) is 12.1 Å². The lowest BCUT2D eigenvalue weighted by molar-refractivity contribution is 0.278. The third-order valence-electron chi connectivity index (χ3n) is 3.29. The summed E-state index contributed by atoms with van der Waals surface area (Å²) in [6.07, 6.45) is 1.76. The Bertz CT molecular complexity index is 665. The summed E-state index contributed by atoms with van der Waals surface area (Å²) >= 11 is 0. The van der Waals surface area contributed by atoms with Crippen molar-refractivity contribution < 1.29 is 5.11 Å². The molecule has 2 aromatic rings. The van der Waals surface area contributed by atoms with Crippen LogP contribution < -0.4 is 0 Å². The van der Waals surface area contributed by atoms with Crippen LogP contribution in [0.3, 0.4) is 0 Å². The van der Waals surface area contributed by atoms with Crippen LogP contribution in [0, 0.1) is 11.3 Å². The third kappa shape index (κ3) is 2.39. The Morgan fingerprint density at radius 1 is 1.25 bits per heavy atom. The van der Waals surface area contributed by atoms with Gasteiger partial charge in [-0.2, -0.15) is 5.26 Å². The summed E-state index contributed by atoms with van der Waals surface area (Å²) in [4.78, 5) is 9.24. The topological polar surface area (TPSA) is 74.7 Å². The first-order chi connectivity index (χ1) is 9.49. The monoisotopic (exact) mass is 272 g/mol. The van der Waals surface area contributed by atoms with Gasteiger partial charge in [0.1, 0.15) is 17.5 Å². The van der Waals surface area contributed by atoms with Crippen molar-refractivity contribution in [2.24, 2.45) is 0 Å². The van der Waals surface area contributed by atoms with Gasteiger partial charge in [0.25, 0.3) is 0 Å². The van der Waals surface area contributed by atoms with E-state index < -0.39 is 0 Å². The Morgan fingerprint density at radius 2 is 1.95 bits per heavy atom. The first-order valence-electron chi connectivity index (χ1n) is 6.91. The van der Waals surface area contributed by atoms with Gasteiger partial charge in [0.15, 0.2) is 0 Å². The predicted octanol–water partition coefficient (Wildman–Crippen LogP) is 2.54. The van der Waals surface area contributed by atoms with Crippen LogP contribution in [-0.4, -0.2) is 26.2 Å². The smallest absolute Gasteiger partial charge is 0.145 e. The number of hydrogen-bond donors (Lipinski definition) is 1. The largest absolute Gasteiger partial charge is 0.395 e. The van der Waals surface area contributed by atoms with Crippen LogP contribution in [0.25, 0.3) is 11.0 Å². The molecule has 0 amide bonds. The highest BCUT2D eigenvalue weighted by Crippen LogP contribution is 2.28. The quantitative estimate of drug-likeness (QED) is 0.928. The van der Waals surface area contributed by atoms with Crippen LogP contribution in [-0.2, 0) is 6.54 Å². The summed E-state index contributed by atoms with van der Waals surface area (Å²) in [5.41, 5.74) is 2.23. The Kier molecular flexibility index (Phi) is 4.05. The lowest BCUT2D eigenvalue weighted by Crippen LogP contribution is -2.07. The number of aliphatic hydroxyl groups excluding tert-OH is 1. The van der Waals surface area contributed by atoms with Crippen LogP contribution in [0.4, 0.5) is 0 Å². The Hall–Kier alpha value is -1.93. The van der Waals surface area contributed by atoms with Crippen molar-refractivity contribution in [1.82, 2.24) is 14.5 Å². The molecule has 2 aromatic heterocycles. The molecule has 0 unspecified atom stereocenters. The van der Waals surface area contributed by atoms with Gasteiger partial charge in [-0.25, -0.2) is 9.97 Å². The second kappa shape index (κ2) is 5.59. The molecule has 5 nitrogen and oxygen atoms in total. The molecule has 106 valence electrons. The highest BCUT2D eigenvalue weighted by Gasteiger charge is 2.19. The zero-order valence-corrected chi connectivity index (χ0v) is 12.4. The molecule has 0 saturated heterocycles. The van der Waals surface area contributed by atoms with Gasteiger partial charge in [-0.05, 0) is 5.92 Å². The molecule has 0 bridgehead atoms. The normalized spacial score (nSPS) is 11.5. The van der Waals surface area contributed by atoms with E-state index in [2.05, 4.69) is 43.7 Å². The first kappa shape index (κ1) is 14.5. The number of nitriles is 1. The maximum atomic E-state index is 9.32. The van der Waals surface area contributed by atoms with Crippen molar-refractivity contribution in [2.75, 3.05) is 6.61 Å². The summed E-state index contributed by atoms with van der Waals surface area (Å²) in [6, 6.07) is 2.21. The van der Waals surface area contributed by atoms with Crippen molar-refractivity contribution in [3.05, 3.63) is 23.3 Å². The standard InChI is InChI=1S/C15H20N4O/c1-9(2)13-12-11(7-16)8-19(5-6-20)15(12)18-14(17-13)10(3)4/h8-10,20H,5-6H2,1-4H3. The fraction of sp³-hybridized carbons (Fsp3) is 0.533. The molecule has 1 N–H and O–H groups in total. The van der Waals surface area contributed by atoms with Crippen LogP contribution in [0.1, 0.15) is 56.6 Å². The minimum Gasteiger partial charge on any atom is -0.395 e. The summed E-state index contributed by atoms with van der Waals surface area (Å²) in [7, 11) is 0. The summed E-state index contributed by atoms with van der Waals surface area (Å²) in [5, 5.41) is 19.3. The SMILES string of the molecule is CC(C)c1nc(C(C)C)c2c(C#N)cn(CCO)c2n1. The molecular formula is C15H20N4O. The Morgan fingerprint density at radius 3 is 2.45 bits per heavy atom. The van der Waals surface area contributed by atoms with E-state index in [1.165, 1.54) is 0 Å². The fourth-order valence-corrected chi connectivity index (χ4v) is 2.27. The minimum atomic E-state index is 0.0205. The van der Waals surface area contributed by atoms with Crippen LogP contribution >= 0.6 is 0 Å². The van der Waals surface area contributed by atoms with Gasteiger partial charge >= 0.3 is 0 Å². The Labute approximate surface area is 118 Å². The van der Waals surface area contributed by atoms with Crippen molar-refractivity contribution in [1.29, 1.82) is 5.26 Å². The average Bonchev–Trinajstić information content (AvgIpc) is 2.76. The fourth-order valence-electron chi connectivity index (χ4n) is 2.27. The first-order valence-corrected chi connectivity index (χ1v) is 6.91. The van der Waals surface area contributed by atoms with Crippen LogP contribution in [0.2, 0.25) is 0 Å². The summed E-state index contributed by atoms with van der Waals surface area (Å²) in [6.45, 7) is 8.69. The zero-order chi connectivity index (χ0) is 14.9. The molecule has 5 heteroatoms. The maximum absolute atomic E-state index is 9.32. The van der Waals surface area contributed by atoms with Crippen molar-refractivity contribution >= 4 is 11.0 Å². The van der Waals surface area contributed by atoms with Gasteiger partial charge in [-0.1, -0.05) is 27.7 Å². The highest BCUT2D eigenvalue weighted by molar-refractivity contribution is 5.86. The van der Waals surface area contributed by atoms with Crippen LogP contribution in [0.15, 0.2) is 6.20 Å². The van der Waals surface area contributed by atoms with E-state index in [0.717, 1.165) is 22.6 Å². The molecule has 0 aromatic carbocycles. The average molecular weight is 272 g/mol. The molecule has 0 atom stereocenters. The van der Waals surface area contributed by atoms with Gasteiger partial charge < -0.3 is 9.67 Å². The van der Waals surface area contributed by atoms with E-state index in [1.807, 2.05) is 4.57 Å². The molecule has 0 fully saturated rings. The van der Waals surface area contributed by atoms with Gasteiger partial charge in [0.05, 0.1) is 23.3 Å². The molecule has 20 heavy (non-hydrogen) atoms. The molecule has 2 heterocycles. The van der Waals surface area contributed by atoms with E-state index in [-0.39, 0.29) is 18.4 Å². The van der Waals surface area contributed by atoms with E-state index in [9.17, 15) is 10.4 Å².